The van der Waals surface area contributed by atoms with Crippen LogP contribution >= 0.6 is 0 Å². The first kappa shape index (κ1) is 13.6. The van der Waals surface area contributed by atoms with Gasteiger partial charge >= 0.3 is 0 Å². The van der Waals surface area contributed by atoms with Crippen LogP contribution in [0, 0.1) is 5.92 Å². The van der Waals surface area contributed by atoms with E-state index in [-0.39, 0.29) is 0 Å². The van der Waals surface area contributed by atoms with Crippen LogP contribution in [0.3, 0.4) is 0 Å². The van der Waals surface area contributed by atoms with E-state index in [9.17, 15) is 5.11 Å². The van der Waals surface area contributed by atoms with Crippen LogP contribution in [0.4, 0.5) is 0 Å². The molecule has 108 valence electrons. The average molecular weight is 272 g/mol. The van der Waals surface area contributed by atoms with Gasteiger partial charge in [0.1, 0.15) is 0 Å². The first-order valence-corrected chi connectivity index (χ1v) is 7.77. The Bertz CT molecular complexity index is 604. The van der Waals surface area contributed by atoms with Crippen LogP contribution in [0.25, 0.3) is 10.9 Å². The lowest BCUT2D eigenvalue weighted by atomic mass is 9.71. The van der Waals surface area contributed by atoms with Gasteiger partial charge in [-0.2, -0.15) is 5.10 Å². The summed E-state index contributed by atoms with van der Waals surface area (Å²) in [6.45, 7) is 2.19. The molecule has 3 rings (SSSR count). The molecule has 1 saturated carbocycles. The van der Waals surface area contributed by atoms with E-state index in [1.54, 1.807) is 0 Å². The minimum Gasteiger partial charge on any atom is -0.389 e. The van der Waals surface area contributed by atoms with E-state index in [4.69, 9.17) is 0 Å². The molecule has 1 aliphatic carbocycles. The molecular formula is C17H24N2O. The maximum absolute atomic E-state index is 11.1. The van der Waals surface area contributed by atoms with Crippen molar-refractivity contribution in [3.05, 3.63) is 30.0 Å². The molecule has 1 fully saturated rings. The molecule has 1 aromatic heterocycles. The fraction of sp³-hybridized carbons (Fsp3) is 0.588. The molecule has 3 nitrogen and oxygen atoms in total. The number of para-hydroxylation sites is 1. The lowest BCUT2D eigenvalue weighted by molar-refractivity contribution is -0.0496. The van der Waals surface area contributed by atoms with E-state index in [0.29, 0.717) is 12.3 Å². The fourth-order valence-electron chi connectivity index (χ4n) is 3.82. The molecule has 3 heteroatoms. The summed E-state index contributed by atoms with van der Waals surface area (Å²) in [6.07, 6.45) is 6.20. The normalized spacial score (nSPS) is 27.1. The summed E-state index contributed by atoms with van der Waals surface area (Å²) < 4.78 is 1.93. The second-order valence-corrected chi connectivity index (χ2v) is 6.22. The third-order valence-electron chi connectivity index (χ3n) is 4.97. The molecule has 1 aromatic carbocycles. The molecule has 20 heavy (non-hydrogen) atoms. The second-order valence-electron chi connectivity index (χ2n) is 6.22. The van der Waals surface area contributed by atoms with Crippen molar-refractivity contribution in [2.24, 2.45) is 13.0 Å². The fourth-order valence-corrected chi connectivity index (χ4v) is 3.82. The van der Waals surface area contributed by atoms with E-state index >= 15 is 0 Å². The maximum Gasteiger partial charge on any atom is 0.0731 e. The highest BCUT2D eigenvalue weighted by molar-refractivity contribution is 5.81. The Morgan fingerprint density at radius 2 is 2.15 bits per heavy atom. The zero-order valence-corrected chi connectivity index (χ0v) is 12.5. The van der Waals surface area contributed by atoms with E-state index in [1.165, 1.54) is 11.8 Å². The lowest BCUT2D eigenvalue weighted by Gasteiger charge is -2.39. The van der Waals surface area contributed by atoms with E-state index in [2.05, 4.69) is 30.2 Å². The minimum atomic E-state index is -0.565. The van der Waals surface area contributed by atoms with Crippen LogP contribution in [-0.4, -0.2) is 20.5 Å². The van der Waals surface area contributed by atoms with Crippen molar-refractivity contribution in [2.75, 3.05) is 0 Å². The minimum absolute atomic E-state index is 0.414. The molecule has 0 saturated heterocycles. The van der Waals surface area contributed by atoms with Crippen molar-refractivity contribution < 1.29 is 5.11 Å². The summed E-state index contributed by atoms with van der Waals surface area (Å²) in [7, 11) is 1.98. The zero-order valence-electron chi connectivity index (χ0n) is 12.5. The molecule has 1 aliphatic rings. The Kier molecular flexibility index (Phi) is 3.55. The van der Waals surface area contributed by atoms with Crippen LogP contribution in [0.2, 0.25) is 0 Å². The third kappa shape index (κ3) is 2.24. The monoisotopic (exact) mass is 272 g/mol. The first-order chi connectivity index (χ1) is 9.64. The number of rotatable bonds is 3. The number of hydrogen-bond acceptors (Lipinski definition) is 2. The Labute approximate surface area is 120 Å². The highest BCUT2D eigenvalue weighted by Crippen LogP contribution is 2.39. The standard InChI is InChI=1S/C17H24N2O/c1-3-13-8-6-7-11-17(13,20)12-15-14-9-4-5-10-16(14)19(2)18-15/h4-5,9-10,13,20H,3,6-8,11-12H2,1-2H3. The van der Waals surface area contributed by atoms with Gasteiger partial charge < -0.3 is 5.11 Å². The van der Waals surface area contributed by atoms with Crippen molar-refractivity contribution in [2.45, 2.75) is 51.0 Å². The number of aromatic nitrogens is 2. The van der Waals surface area contributed by atoms with Gasteiger partial charge in [0.05, 0.1) is 16.8 Å². The SMILES string of the molecule is CCC1CCCCC1(O)Cc1nn(C)c2ccccc12. The number of hydrogen-bond donors (Lipinski definition) is 1. The Morgan fingerprint density at radius 1 is 1.35 bits per heavy atom. The predicted octanol–water partition coefficient (Wildman–Crippen LogP) is 3.45. The largest absolute Gasteiger partial charge is 0.389 e. The number of fused-ring (bicyclic) bond motifs is 1. The molecular weight excluding hydrogens is 248 g/mol. The summed E-state index contributed by atoms with van der Waals surface area (Å²) in [5, 5.41) is 16.9. The molecule has 1 heterocycles. The highest BCUT2D eigenvalue weighted by atomic mass is 16.3. The maximum atomic E-state index is 11.1. The average Bonchev–Trinajstić information content (AvgIpc) is 2.76. The Balaban J connectivity index is 1.96. The number of benzene rings is 1. The first-order valence-electron chi connectivity index (χ1n) is 7.77. The molecule has 1 N–H and O–H groups in total. The quantitative estimate of drug-likeness (QED) is 0.929. The summed E-state index contributed by atoms with van der Waals surface area (Å²) in [4.78, 5) is 0. The van der Waals surface area contributed by atoms with Crippen molar-refractivity contribution in [3.63, 3.8) is 0 Å². The van der Waals surface area contributed by atoms with Gasteiger partial charge in [0.15, 0.2) is 0 Å². The van der Waals surface area contributed by atoms with Crippen LogP contribution in [0.5, 0.6) is 0 Å². The number of aryl methyl sites for hydroxylation is 1. The molecule has 0 spiro atoms. The molecule has 0 bridgehead atoms. The van der Waals surface area contributed by atoms with Gasteiger partial charge in [0, 0.05) is 18.9 Å². The molecule has 0 radical (unpaired) electrons. The van der Waals surface area contributed by atoms with Gasteiger partial charge in [-0.3, -0.25) is 4.68 Å². The molecule has 2 unspecified atom stereocenters. The summed E-state index contributed by atoms with van der Waals surface area (Å²) in [6, 6.07) is 8.30. The van der Waals surface area contributed by atoms with Crippen molar-refractivity contribution in [1.29, 1.82) is 0 Å². The highest BCUT2D eigenvalue weighted by Gasteiger charge is 2.38. The van der Waals surface area contributed by atoms with Crippen LogP contribution < -0.4 is 0 Å². The predicted molar refractivity (Wildman–Crippen MR) is 81.6 cm³/mol. The Hall–Kier alpha value is -1.35. The van der Waals surface area contributed by atoms with Gasteiger partial charge in [-0.25, -0.2) is 0 Å². The van der Waals surface area contributed by atoms with Crippen LogP contribution in [0.1, 0.15) is 44.7 Å². The molecule has 0 amide bonds. The molecule has 2 aromatic rings. The van der Waals surface area contributed by atoms with Gasteiger partial charge in [0.2, 0.25) is 0 Å². The summed E-state index contributed by atoms with van der Waals surface area (Å²) in [5.74, 6) is 0.414. The van der Waals surface area contributed by atoms with Gasteiger partial charge in [0.25, 0.3) is 0 Å². The third-order valence-corrected chi connectivity index (χ3v) is 4.97. The smallest absolute Gasteiger partial charge is 0.0731 e. The van der Waals surface area contributed by atoms with Crippen molar-refractivity contribution in [3.8, 4) is 0 Å². The van der Waals surface area contributed by atoms with Gasteiger partial charge in [-0.1, -0.05) is 44.4 Å². The van der Waals surface area contributed by atoms with Gasteiger partial charge in [-0.15, -0.1) is 0 Å². The zero-order chi connectivity index (χ0) is 14.2. The Morgan fingerprint density at radius 3 is 2.95 bits per heavy atom. The van der Waals surface area contributed by atoms with Gasteiger partial charge in [-0.05, 0) is 24.8 Å². The number of aliphatic hydroxyl groups is 1. The van der Waals surface area contributed by atoms with Crippen molar-refractivity contribution in [1.82, 2.24) is 9.78 Å². The second kappa shape index (κ2) is 5.21. The molecule has 0 aliphatic heterocycles. The van der Waals surface area contributed by atoms with Crippen LogP contribution in [-0.2, 0) is 13.5 Å². The number of nitrogens with zero attached hydrogens (tertiary/aromatic N) is 2. The van der Waals surface area contributed by atoms with Crippen LogP contribution in [0.15, 0.2) is 24.3 Å². The van der Waals surface area contributed by atoms with E-state index in [1.807, 2.05) is 17.8 Å². The summed E-state index contributed by atoms with van der Waals surface area (Å²) >= 11 is 0. The van der Waals surface area contributed by atoms with Crippen molar-refractivity contribution >= 4 is 10.9 Å². The topological polar surface area (TPSA) is 38.1 Å². The van der Waals surface area contributed by atoms with E-state index < -0.39 is 5.60 Å². The molecule has 2 atom stereocenters. The lowest BCUT2D eigenvalue weighted by Crippen LogP contribution is -2.42. The summed E-state index contributed by atoms with van der Waals surface area (Å²) in [5.41, 5.74) is 1.63. The van der Waals surface area contributed by atoms with E-state index in [0.717, 1.165) is 36.9 Å².